The van der Waals surface area contributed by atoms with Gasteiger partial charge in [-0.25, -0.2) is 4.39 Å². The molecule has 2 aromatic carbocycles. The van der Waals surface area contributed by atoms with E-state index in [1.165, 1.54) is 6.07 Å². The molecule has 1 N–H and O–H groups in total. The number of aliphatic hydroxyl groups is 1. The molecule has 0 spiro atoms. The summed E-state index contributed by atoms with van der Waals surface area (Å²) in [7, 11) is 0. The fraction of sp³-hybridized carbons (Fsp3) is 0.200. The first-order valence-electron chi connectivity index (χ1n) is 6.06. The second-order valence-corrected chi connectivity index (χ2v) is 4.39. The highest BCUT2D eigenvalue weighted by atomic mass is 19.1. The van der Waals surface area contributed by atoms with Gasteiger partial charge in [-0.15, -0.1) is 0 Å². The molecule has 1 heterocycles. The van der Waals surface area contributed by atoms with Crippen molar-refractivity contribution in [1.29, 1.82) is 0 Å². The van der Waals surface area contributed by atoms with Crippen LogP contribution in [0.2, 0.25) is 0 Å². The number of fused-ring (bicyclic) bond motifs is 3. The normalized spacial score (nSPS) is 11.5. The molecule has 0 aliphatic carbocycles. The minimum Gasteiger partial charge on any atom is -0.392 e. The Kier molecular flexibility index (Phi) is 2.56. The summed E-state index contributed by atoms with van der Waals surface area (Å²) in [6.07, 6.45) is 0. The molecule has 1 aromatic heterocycles. The summed E-state index contributed by atoms with van der Waals surface area (Å²) in [4.78, 5) is 0. The van der Waals surface area contributed by atoms with Gasteiger partial charge in [0.25, 0.3) is 0 Å². The van der Waals surface area contributed by atoms with E-state index in [-0.39, 0.29) is 12.4 Å². The third kappa shape index (κ3) is 1.44. The number of nitrogens with zero attached hydrogens (tertiary/aromatic N) is 1. The minimum absolute atomic E-state index is 0.140. The summed E-state index contributed by atoms with van der Waals surface area (Å²) in [6, 6.07) is 11.2. The van der Waals surface area contributed by atoms with Crippen LogP contribution in [-0.4, -0.2) is 9.67 Å². The van der Waals surface area contributed by atoms with Crippen LogP contribution in [0, 0.1) is 5.82 Å². The lowest BCUT2D eigenvalue weighted by Gasteiger charge is -2.04. The number of para-hydroxylation sites is 1. The van der Waals surface area contributed by atoms with E-state index < -0.39 is 0 Å². The molecule has 3 aromatic rings. The van der Waals surface area contributed by atoms with Crippen LogP contribution in [0.1, 0.15) is 12.5 Å². The quantitative estimate of drug-likeness (QED) is 0.732. The van der Waals surface area contributed by atoms with Crippen LogP contribution in [0.25, 0.3) is 21.8 Å². The van der Waals surface area contributed by atoms with E-state index in [1.807, 2.05) is 41.8 Å². The summed E-state index contributed by atoms with van der Waals surface area (Å²) in [6.45, 7) is 2.59. The molecular formula is C15H14FNO. The van der Waals surface area contributed by atoms with Crippen LogP contribution in [0.5, 0.6) is 0 Å². The van der Waals surface area contributed by atoms with E-state index in [0.717, 1.165) is 22.8 Å². The van der Waals surface area contributed by atoms with Crippen molar-refractivity contribution < 1.29 is 9.50 Å². The van der Waals surface area contributed by atoms with Crippen molar-refractivity contribution in [3.63, 3.8) is 0 Å². The molecule has 0 saturated carbocycles. The lowest BCUT2D eigenvalue weighted by atomic mass is 10.1. The molecule has 0 aliphatic rings. The predicted molar refractivity (Wildman–Crippen MR) is 71.0 cm³/mol. The molecule has 0 unspecified atom stereocenters. The number of aliphatic hydroxyl groups excluding tert-OH is 1. The maximum absolute atomic E-state index is 14.2. The molecule has 3 heteroatoms. The number of benzene rings is 2. The number of aryl methyl sites for hydroxylation is 1. The third-order valence-electron chi connectivity index (χ3n) is 3.38. The van der Waals surface area contributed by atoms with E-state index in [9.17, 15) is 9.50 Å². The second-order valence-electron chi connectivity index (χ2n) is 4.39. The Morgan fingerprint density at radius 2 is 1.94 bits per heavy atom. The fourth-order valence-electron chi connectivity index (χ4n) is 2.61. The van der Waals surface area contributed by atoms with Crippen molar-refractivity contribution in [2.75, 3.05) is 0 Å². The van der Waals surface area contributed by atoms with Crippen LogP contribution in [0.4, 0.5) is 4.39 Å². The number of hydrogen-bond acceptors (Lipinski definition) is 1. The molecule has 0 fully saturated rings. The first-order chi connectivity index (χ1) is 8.76. The van der Waals surface area contributed by atoms with Crippen LogP contribution in [0.15, 0.2) is 36.4 Å². The summed E-state index contributed by atoms with van der Waals surface area (Å²) in [5.41, 5.74) is 2.26. The van der Waals surface area contributed by atoms with Gasteiger partial charge in [-0.2, -0.15) is 0 Å². The zero-order valence-corrected chi connectivity index (χ0v) is 10.2. The zero-order valence-electron chi connectivity index (χ0n) is 10.2. The molecule has 0 amide bonds. The highest BCUT2D eigenvalue weighted by molar-refractivity contribution is 6.08. The van der Waals surface area contributed by atoms with Crippen molar-refractivity contribution >= 4 is 21.8 Å². The molecule has 0 radical (unpaired) electrons. The van der Waals surface area contributed by atoms with Crippen molar-refractivity contribution in [2.24, 2.45) is 0 Å². The molecule has 0 atom stereocenters. The lowest BCUT2D eigenvalue weighted by Crippen LogP contribution is -1.96. The Morgan fingerprint density at radius 1 is 1.17 bits per heavy atom. The minimum atomic E-state index is -0.269. The summed E-state index contributed by atoms with van der Waals surface area (Å²) in [5, 5.41) is 11.1. The number of aromatic nitrogens is 1. The SMILES string of the molecule is CCn1c2ccccc2c2cc(CO)cc(F)c21. The Hall–Kier alpha value is -1.87. The molecule has 0 bridgehead atoms. The highest BCUT2D eigenvalue weighted by Gasteiger charge is 2.13. The lowest BCUT2D eigenvalue weighted by molar-refractivity contribution is 0.281. The topological polar surface area (TPSA) is 25.2 Å². The maximum Gasteiger partial charge on any atom is 0.147 e. The van der Waals surface area contributed by atoms with Crippen LogP contribution in [0.3, 0.4) is 0 Å². The van der Waals surface area contributed by atoms with Gasteiger partial charge in [0.1, 0.15) is 5.82 Å². The Balaban J connectivity index is 2.55. The maximum atomic E-state index is 14.2. The van der Waals surface area contributed by atoms with E-state index >= 15 is 0 Å². The Morgan fingerprint density at radius 3 is 2.67 bits per heavy atom. The number of halogens is 1. The summed E-state index contributed by atoms with van der Waals surface area (Å²) >= 11 is 0. The van der Waals surface area contributed by atoms with Gasteiger partial charge >= 0.3 is 0 Å². The highest BCUT2D eigenvalue weighted by Crippen LogP contribution is 2.31. The average molecular weight is 243 g/mol. The van der Waals surface area contributed by atoms with Crippen LogP contribution in [-0.2, 0) is 13.2 Å². The molecule has 0 saturated heterocycles. The molecular weight excluding hydrogens is 229 g/mol. The van der Waals surface area contributed by atoms with Gasteiger partial charge in [0, 0.05) is 22.8 Å². The van der Waals surface area contributed by atoms with Gasteiger partial charge in [0.05, 0.1) is 12.1 Å². The smallest absolute Gasteiger partial charge is 0.147 e. The van der Waals surface area contributed by atoms with Crippen LogP contribution >= 0.6 is 0 Å². The average Bonchev–Trinajstić information content (AvgIpc) is 2.73. The second kappa shape index (κ2) is 4.10. The Bertz CT molecular complexity index is 730. The summed E-state index contributed by atoms with van der Waals surface area (Å²) in [5.74, 6) is -0.269. The monoisotopic (exact) mass is 243 g/mol. The predicted octanol–water partition coefficient (Wildman–Crippen LogP) is 3.45. The van der Waals surface area contributed by atoms with Gasteiger partial charge in [-0.05, 0) is 30.7 Å². The molecule has 0 aliphatic heterocycles. The number of hydrogen-bond donors (Lipinski definition) is 1. The van der Waals surface area contributed by atoms with E-state index in [4.69, 9.17) is 0 Å². The van der Waals surface area contributed by atoms with Gasteiger partial charge in [-0.1, -0.05) is 18.2 Å². The van der Waals surface area contributed by atoms with Gasteiger partial charge < -0.3 is 9.67 Å². The van der Waals surface area contributed by atoms with Crippen molar-refractivity contribution in [3.8, 4) is 0 Å². The van der Waals surface area contributed by atoms with Crippen molar-refractivity contribution in [2.45, 2.75) is 20.1 Å². The van der Waals surface area contributed by atoms with Gasteiger partial charge in [0.2, 0.25) is 0 Å². The third-order valence-corrected chi connectivity index (χ3v) is 3.38. The van der Waals surface area contributed by atoms with E-state index in [1.54, 1.807) is 0 Å². The molecule has 18 heavy (non-hydrogen) atoms. The molecule has 2 nitrogen and oxygen atoms in total. The first-order valence-corrected chi connectivity index (χ1v) is 6.06. The first kappa shape index (κ1) is 11.2. The van der Waals surface area contributed by atoms with Gasteiger partial charge in [-0.3, -0.25) is 0 Å². The molecule has 3 rings (SSSR count). The Labute approximate surface area is 104 Å². The molecule has 92 valence electrons. The fourth-order valence-corrected chi connectivity index (χ4v) is 2.61. The largest absolute Gasteiger partial charge is 0.392 e. The van der Waals surface area contributed by atoms with Crippen molar-refractivity contribution in [3.05, 3.63) is 47.8 Å². The van der Waals surface area contributed by atoms with Crippen LogP contribution < -0.4 is 0 Å². The van der Waals surface area contributed by atoms with E-state index in [2.05, 4.69) is 0 Å². The standard InChI is InChI=1S/C15H14FNO/c1-2-17-14-6-4-3-5-11(14)12-7-10(9-18)8-13(16)15(12)17/h3-8,18H,2,9H2,1H3. The van der Waals surface area contributed by atoms with E-state index in [0.29, 0.717) is 11.1 Å². The number of rotatable bonds is 2. The summed E-state index contributed by atoms with van der Waals surface area (Å²) < 4.78 is 16.2. The zero-order chi connectivity index (χ0) is 12.7. The van der Waals surface area contributed by atoms with Crippen molar-refractivity contribution in [1.82, 2.24) is 4.57 Å². The van der Waals surface area contributed by atoms with Gasteiger partial charge in [0.15, 0.2) is 0 Å².